The Balaban J connectivity index is 2.58. The van der Waals surface area contributed by atoms with Crippen LogP contribution >= 0.6 is 0 Å². The first-order valence-electron chi connectivity index (χ1n) is 8.50. The third-order valence-corrected chi connectivity index (χ3v) is 3.84. The summed E-state index contributed by atoms with van der Waals surface area (Å²) in [5.74, 6) is -0.00172. The van der Waals surface area contributed by atoms with Crippen LogP contribution in [-0.2, 0) is 16.1 Å². The summed E-state index contributed by atoms with van der Waals surface area (Å²) < 4.78 is 11.1. The molecule has 7 nitrogen and oxygen atoms in total. The highest BCUT2D eigenvalue weighted by atomic mass is 16.5. The molecule has 0 saturated carbocycles. The van der Waals surface area contributed by atoms with Gasteiger partial charge >= 0.3 is 5.97 Å². The largest absolute Gasteiger partial charge is 0.493 e. The molecule has 1 aromatic rings. The van der Waals surface area contributed by atoms with Gasteiger partial charge in [-0.1, -0.05) is 19.9 Å². The third kappa shape index (κ3) is 7.89. The number of amides is 1. The van der Waals surface area contributed by atoms with Crippen LogP contribution in [-0.4, -0.2) is 55.2 Å². The monoisotopic (exact) mass is 352 g/mol. The molecule has 1 amide bonds. The molecule has 25 heavy (non-hydrogen) atoms. The molecule has 140 valence electrons. The number of hydrogen-bond acceptors (Lipinski definition) is 5. The number of carboxylic acid groups (broad SMARTS) is 1. The van der Waals surface area contributed by atoms with Crippen molar-refractivity contribution in [1.29, 1.82) is 0 Å². The van der Waals surface area contributed by atoms with E-state index in [4.69, 9.17) is 14.6 Å². The molecular weight excluding hydrogens is 324 g/mol. The van der Waals surface area contributed by atoms with Crippen LogP contribution in [0.15, 0.2) is 18.2 Å². The molecule has 0 aliphatic heterocycles. The maximum Gasteiger partial charge on any atom is 0.303 e. The van der Waals surface area contributed by atoms with E-state index >= 15 is 0 Å². The van der Waals surface area contributed by atoms with Gasteiger partial charge in [-0.25, -0.2) is 0 Å². The quantitative estimate of drug-likeness (QED) is 0.597. The normalized spacial score (nSPS) is 10.6. The first-order chi connectivity index (χ1) is 12.0. The summed E-state index contributed by atoms with van der Waals surface area (Å²) in [6.45, 7) is 7.85. The number of carbonyl (C=O) groups excluding carboxylic acids is 1. The summed E-state index contributed by atoms with van der Waals surface area (Å²) in [5, 5.41) is 11.3. The molecule has 7 heteroatoms. The lowest BCUT2D eigenvalue weighted by molar-refractivity contribution is -0.138. The Kier molecular flexibility index (Phi) is 9.39. The molecule has 0 atom stereocenters. The number of rotatable bonds is 12. The van der Waals surface area contributed by atoms with E-state index in [1.807, 2.05) is 12.1 Å². The summed E-state index contributed by atoms with van der Waals surface area (Å²) in [5.41, 5.74) is 0.863. The van der Waals surface area contributed by atoms with Gasteiger partial charge in [-0.15, -0.1) is 0 Å². The Hall–Kier alpha value is -2.28. The molecule has 1 aromatic carbocycles. The van der Waals surface area contributed by atoms with Crippen LogP contribution in [0.2, 0.25) is 0 Å². The zero-order valence-corrected chi connectivity index (χ0v) is 15.2. The molecule has 0 aliphatic carbocycles. The molecule has 0 saturated heterocycles. The fourth-order valence-electron chi connectivity index (χ4n) is 2.28. The van der Waals surface area contributed by atoms with Crippen molar-refractivity contribution in [3.05, 3.63) is 23.8 Å². The summed E-state index contributed by atoms with van der Waals surface area (Å²) in [7, 11) is 1.58. The van der Waals surface area contributed by atoms with Crippen LogP contribution in [0.25, 0.3) is 0 Å². The van der Waals surface area contributed by atoms with Crippen molar-refractivity contribution in [2.24, 2.45) is 0 Å². The number of methoxy groups -OCH3 is 1. The van der Waals surface area contributed by atoms with E-state index < -0.39 is 5.97 Å². The maximum atomic E-state index is 11.6. The predicted octanol–water partition coefficient (Wildman–Crippen LogP) is 1.90. The SMILES string of the molecule is CCN(CC)CCOc1cc(CNC(=O)CCC(=O)O)ccc1OC. The minimum absolute atomic E-state index is 0.0291. The van der Waals surface area contributed by atoms with Crippen molar-refractivity contribution in [3.8, 4) is 11.5 Å². The van der Waals surface area contributed by atoms with E-state index in [9.17, 15) is 9.59 Å². The number of aliphatic carboxylic acids is 1. The van der Waals surface area contributed by atoms with E-state index in [1.165, 1.54) is 0 Å². The molecule has 0 bridgehead atoms. The van der Waals surface area contributed by atoms with E-state index in [1.54, 1.807) is 13.2 Å². The number of hydrogen-bond donors (Lipinski definition) is 2. The van der Waals surface area contributed by atoms with Gasteiger partial charge in [0.2, 0.25) is 5.91 Å². The zero-order chi connectivity index (χ0) is 18.7. The highest BCUT2D eigenvalue weighted by molar-refractivity contribution is 5.80. The Morgan fingerprint density at radius 3 is 2.48 bits per heavy atom. The van der Waals surface area contributed by atoms with Crippen LogP contribution in [0, 0.1) is 0 Å². The standard InChI is InChI=1S/C18H28N2O5/c1-4-20(5-2)10-11-25-16-12-14(6-7-15(16)24-3)13-19-17(21)8-9-18(22)23/h6-7,12H,4-5,8-11,13H2,1-3H3,(H,19,21)(H,22,23). The Labute approximate surface area is 148 Å². The topological polar surface area (TPSA) is 88.1 Å². The highest BCUT2D eigenvalue weighted by Crippen LogP contribution is 2.28. The number of carbonyl (C=O) groups is 2. The molecule has 0 heterocycles. The van der Waals surface area contributed by atoms with Gasteiger partial charge in [0.1, 0.15) is 6.61 Å². The molecule has 1 rings (SSSR count). The molecule has 0 unspecified atom stereocenters. The van der Waals surface area contributed by atoms with Crippen LogP contribution in [0.3, 0.4) is 0 Å². The molecule has 0 aliphatic rings. The number of benzene rings is 1. The van der Waals surface area contributed by atoms with Crippen LogP contribution in [0.5, 0.6) is 11.5 Å². The third-order valence-electron chi connectivity index (χ3n) is 3.84. The highest BCUT2D eigenvalue weighted by Gasteiger charge is 2.09. The van der Waals surface area contributed by atoms with E-state index in [2.05, 4.69) is 24.1 Å². The first kappa shape index (κ1) is 20.8. The van der Waals surface area contributed by atoms with Crippen molar-refractivity contribution in [3.63, 3.8) is 0 Å². The van der Waals surface area contributed by atoms with E-state index in [0.29, 0.717) is 24.7 Å². The summed E-state index contributed by atoms with van der Waals surface area (Å²) in [4.78, 5) is 24.3. The molecule has 0 fully saturated rings. The second-order valence-corrected chi connectivity index (χ2v) is 5.53. The lowest BCUT2D eigenvalue weighted by Crippen LogP contribution is -2.28. The molecule has 0 radical (unpaired) electrons. The Bertz CT molecular complexity index is 558. The lowest BCUT2D eigenvalue weighted by Gasteiger charge is -2.19. The predicted molar refractivity (Wildman–Crippen MR) is 95.0 cm³/mol. The maximum absolute atomic E-state index is 11.6. The van der Waals surface area contributed by atoms with Crippen LogP contribution in [0.4, 0.5) is 0 Å². The fourth-order valence-corrected chi connectivity index (χ4v) is 2.28. The average Bonchev–Trinajstić information content (AvgIpc) is 2.61. The average molecular weight is 352 g/mol. The van der Waals surface area contributed by atoms with Crippen molar-refractivity contribution < 1.29 is 24.2 Å². The van der Waals surface area contributed by atoms with Crippen molar-refractivity contribution in [2.45, 2.75) is 33.2 Å². The van der Waals surface area contributed by atoms with Gasteiger partial charge in [-0.05, 0) is 30.8 Å². The molecule has 2 N–H and O–H groups in total. The van der Waals surface area contributed by atoms with Gasteiger partial charge in [-0.2, -0.15) is 0 Å². The second kappa shape index (κ2) is 11.3. The smallest absolute Gasteiger partial charge is 0.303 e. The number of nitrogens with zero attached hydrogens (tertiary/aromatic N) is 1. The first-order valence-corrected chi connectivity index (χ1v) is 8.50. The number of carboxylic acids is 1. The van der Waals surface area contributed by atoms with Crippen LogP contribution < -0.4 is 14.8 Å². The molecule has 0 aromatic heterocycles. The lowest BCUT2D eigenvalue weighted by atomic mass is 10.2. The van der Waals surface area contributed by atoms with Gasteiger partial charge in [0, 0.05) is 19.5 Å². The van der Waals surface area contributed by atoms with Crippen molar-refractivity contribution in [2.75, 3.05) is 33.4 Å². The Morgan fingerprint density at radius 2 is 1.88 bits per heavy atom. The van der Waals surface area contributed by atoms with E-state index in [0.717, 1.165) is 25.2 Å². The van der Waals surface area contributed by atoms with Crippen LogP contribution in [0.1, 0.15) is 32.3 Å². The van der Waals surface area contributed by atoms with Crippen molar-refractivity contribution >= 4 is 11.9 Å². The number of likely N-dealkylation sites (N-methyl/N-ethyl adjacent to an activating group) is 1. The zero-order valence-electron chi connectivity index (χ0n) is 15.2. The molecule has 0 spiro atoms. The second-order valence-electron chi connectivity index (χ2n) is 5.53. The number of ether oxygens (including phenoxy) is 2. The van der Waals surface area contributed by atoms with Gasteiger partial charge in [0.25, 0.3) is 0 Å². The minimum atomic E-state index is -0.983. The van der Waals surface area contributed by atoms with Gasteiger partial charge in [-0.3, -0.25) is 9.59 Å². The fraction of sp³-hybridized carbons (Fsp3) is 0.556. The summed E-state index contributed by atoms with van der Waals surface area (Å²) in [6, 6.07) is 5.47. The van der Waals surface area contributed by atoms with E-state index in [-0.39, 0.29) is 18.7 Å². The molecular formula is C18H28N2O5. The van der Waals surface area contributed by atoms with Gasteiger partial charge in [0.15, 0.2) is 11.5 Å². The summed E-state index contributed by atoms with van der Waals surface area (Å²) >= 11 is 0. The minimum Gasteiger partial charge on any atom is -0.493 e. The Morgan fingerprint density at radius 1 is 1.16 bits per heavy atom. The summed E-state index contributed by atoms with van der Waals surface area (Å²) in [6.07, 6.45) is -0.202. The van der Waals surface area contributed by atoms with Crippen molar-refractivity contribution in [1.82, 2.24) is 10.2 Å². The van der Waals surface area contributed by atoms with Gasteiger partial charge in [0.05, 0.1) is 13.5 Å². The number of nitrogens with one attached hydrogen (secondary N) is 1. The van der Waals surface area contributed by atoms with Gasteiger partial charge < -0.3 is 24.8 Å².